The lowest BCUT2D eigenvalue weighted by Crippen LogP contribution is -2.06. The van der Waals surface area contributed by atoms with Gasteiger partial charge in [-0.3, -0.25) is 14.9 Å². The lowest BCUT2D eigenvalue weighted by molar-refractivity contribution is -0.384. The number of hydrogen-bond acceptors (Lipinski definition) is 5. The number of pyridine rings is 1. The molecule has 0 amide bonds. The average molecular weight is 296 g/mol. The van der Waals surface area contributed by atoms with Crippen molar-refractivity contribution in [2.45, 2.75) is 12.8 Å². The smallest absolute Gasteiger partial charge is 0.269 e. The molecular weight excluding hydrogens is 284 g/mol. The number of rotatable bonds is 4. The Hall–Kier alpha value is -3.09. The third-order valence-corrected chi connectivity index (χ3v) is 3.31. The Morgan fingerprint density at radius 3 is 2.59 bits per heavy atom. The second-order valence-corrected chi connectivity index (χ2v) is 4.84. The number of nitro benzene ring substituents is 1. The molecule has 3 rings (SSSR count). The molecule has 0 saturated carbocycles. The maximum Gasteiger partial charge on any atom is 0.269 e. The molecule has 0 aliphatic heterocycles. The summed E-state index contributed by atoms with van der Waals surface area (Å²) in [6, 6.07) is 9.51. The van der Waals surface area contributed by atoms with E-state index in [-0.39, 0.29) is 11.2 Å². The van der Waals surface area contributed by atoms with Crippen LogP contribution in [0.15, 0.2) is 47.4 Å². The quantitative estimate of drug-likeness (QED) is 0.586. The summed E-state index contributed by atoms with van der Waals surface area (Å²) in [7, 11) is 0. The topological polar surface area (TPSA) is 102 Å². The van der Waals surface area contributed by atoms with Crippen molar-refractivity contribution in [3.8, 4) is 0 Å². The molecule has 2 heterocycles. The molecule has 1 N–H and O–H groups in total. The fraction of sp³-hybridized carbons (Fsp3) is 0.133. The second-order valence-electron chi connectivity index (χ2n) is 4.84. The zero-order chi connectivity index (χ0) is 15.5. The minimum absolute atomic E-state index is 0.0725. The van der Waals surface area contributed by atoms with E-state index in [0.717, 1.165) is 10.9 Å². The highest BCUT2D eigenvalue weighted by molar-refractivity contribution is 5.72. The average Bonchev–Trinajstić information content (AvgIpc) is 2.53. The molecule has 7 heteroatoms. The fourth-order valence-corrected chi connectivity index (χ4v) is 2.13. The molecular formula is C15H12N4O3. The summed E-state index contributed by atoms with van der Waals surface area (Å²) in [5.41, 5.74) is 1.35. The highest BCUT2D eigenvalue weighted by Gasteiger charge is 2.05. The van der Waals surface area contributed by atoms with Gasteiger partial charge in [-0.15, -0.1) is 0 Å². The Kier molecular flexibility index (Phi) is 3.61. The van der Waals surface area contributed by atoms with Crippen LogP contribution < -0.4 is 5.56 Å². The lowest BCUT2D eigenvalue weighted by Gasteiger charge is -2.02. The number of aromatic amines is 1. The predicted molar refractivity (Wildman–Crippen MR) is 80.7 cm³/mol. The number of hydrogen-bond donors (Lipinski definition) is 1. The van der Waals surface area contributed by atoms with Gasteiger partial charge in [0, 0.05) is 36.2 Å². The first-order chi connectivity index (χ1) is 10.6. The molecule has 3 aromatic rings. The number of H-pyrrole nitrogens is 1. The van der Waals surface area contributed by atoms with Crippen molar-refractivity contribution in [1.82, 2.24) is 15.0 Å². The summed E-state index contributed by atoms with van der Waals surface area (Å²) in [4.78, 5) is 32.7. The van der Waals surface area contributed by atoms with Crippen LogP contribution in [0.3, 0.4) is 0 Å². The maximum atomic E-state index is 11.3. The van der Waals surface area contributed by atoms with E-state index in [1.807, 2.05) is 0 Å². The van der Waals surface area contributed by atoms with Crippen LogP contribution in [0, 0.1) is 10.1 Å². The zero-order valence-electron chi connectivity index (χ0n) is 11.5. The standard InChI is InChI=1S/C15H12N4O3/c20-14-8-4-11-9-16-13(17-15(11)18-14)7-3-10-1-5-12(6-2-10)19(21)22/h1-2,4-6,8-9H,3,7H2,(H,16,17,18,20). The van der Waals surface area contributed by atoms with Crippen LogP contribution in [0.5, 0.6) is 0 Å². The molecule has 0 radical (unpaired) electrons. The Labute approximate surface area is 124 Å². The van der Waals surface area contributed by atoms with Gasteiger partial charge in [-0.25, -0.2) is 9.97 Å². The third kappa shape index (κ3) is 2.98. The minimum atomic E-state index is -0.424. The Bertz CT molecular complexity index is 887. The maximum absolute atomic E-state index is 11.3. The fourth-order valence-electron chi connectivity index (χ4n) is 2.13. The molecule has 0 fully saturated rings. The molecule has 0 atom stereocenters. The van der Waals surface area contributed by atoms with Gasteiger partial charge in [0.15, 0.2) is 0 Å². The number of benzene rings is 1. The van der Waals surface area contributed by atoms with Crippen LogP contribution in [0.2, 0.25) is 0 Å². The van der Waals surface area contributed by atoms with E-state index in [1.54, 1.807) is 24.4 Å². The number of non-ortho nitro benzene ring substituents is 1. The van der Waals surface area contributed by atoms with E-state index in [0.29, 0.717) is 24.3 Å². The number of nitrogens with one attached hydrogen (secondary N) is 1. The van der Waals surface area contributed by atoms with Crippen molar-refractivity contribution in [3.63, 3.8) is 0 Å². The number of aromatic nitrogens is 3. The van der Waals surface area contributed by atoms with Gasteiger partial charge in [0.1, 0.15) is 11.5 Å². The summed E-state index contributed by atoms with van der Waals surface area (Å²) < 4.78 is 0. The summed E-state index contributed by atoms with van der Waals surface area (Å²) in [6.07, 6.45) is 2.93. The molecule has 0 aliphatic rings. The van der Waals surface area contributed by atoms with Crippen LogP contribution in [0.1, 0.15) is 11.4 Å². The largest absolute Gasteiger partial charge is 0.306 e. The molecule has 0 saturated heterocycles. The van der Waals surface area contributed by atoms with Gasteiger partial charge in [0.25, 0.3) is 5.69 Å². The number of aryl methyl sites for hydroxylation is 2. The molecule has 110 valence electrons. The normalized spacial score (nSPS) is 10.7. The van der Waals surface area contributed by atoms with Gasteiger partial charge in [0.2, 0.25) is 5.56 Å². The lowest BCUT2D eigenvalue weighted by atomic mass is 10.1. The van der Waals surface area contributed by atoms with Crippen molar-refractivity contribution in [3.05, 3.63) is 74.5 Å². The molecule has 0 bridgehead atoms. The molecule has 0 unspecified atom stereocenters. The molecule has 0 aliphatic carbocycles. The van der Waals surface area contributed by atoms with Gasteiger partial charge in [-0.2, -0.15) is 0 Å². The first-order valence-electron chi connectivity index (χ1n) is 6.70. The van der Waals surface area contributed by atoms with Crippen LogP contribution in [-0.4, -0.2) is 19.9 Å². The molecule has 0 spiro atoms. The molecule has 7 nitrogen and oxygen atoms in total. The van der Waals surface area contributed by atoms with Crippen LogP contribution in [-0.2, 0) is 12.8 Å². The van der Waals surface area contributed by atoms with Crippen molar-refractivity contribution in [1.29, 1.82) is 0 Å². The van der Waals surface area contributed by atoms with Gasteiger partial charge < -0.3 is 4.98 Å². The van der Waals surface area contributed by atoms with Crippen molar-refractivity contribution in [2.24, 2.45) is 0 Å². The van der Waals surface area contributed by atoms with Crippen molar-refractivity contribution < 1.29 is 4.92 Å². The highest BCUT2D eigenvalue weighted by Crippen LogP contribution is 2.13. The first-order valence-corrected chi connectivity index (χ1v) is 6.70. The molecule has 2 aromatic heterocycles. The highest BCUT2D eigenvalue weighted by atomic mass is 16.6. The summed E-state index contributed by atoms with van der Waals surface area (Å²) in [5, 5.41) is 11.4. The molecule has 22 heavy (non-hydrogen) atoms. The number of nitrogens with zero attached hydrogens (tertiary/aromatic N) is 3. The van der Waals surface area contributed by atoms with Crippen LogP contribution in [0.4, 0.5) is 5.69 Å². The van der Waals surface area contributed by atoms with E-state index in [4.69, 9.17) is 0 Å². The second kappa shape index (κ2) is 5.72. The van der Waals surface area contributed by atoms with Crippen molar-refractivity contribution >= 4 is 16.7 Å². The summed E-state index contributed by atoms with van der Waals surface area (Å²) in [6.45, 7) is 0. The van der Waals surface area contributed by atoms with Gasteiger partial charge in [-0.1, -0.05) is 12.1 Å². The molecule has 1 aromatic carbocycles. The van der Waals surface area contributed by atoms with E-state index in [1.165, 1.54) is 18.2 Å². The van der Waals surface area contributed by atoms with Crippen LogP contribution in [0.25, 0.3) is 11.0 Å². The Morgan fingerprint density at radius 1 is 1.09 bits per heavy atom. The van der Waals surface area contributed by atoms with Gasteiger partial charge in [-0.05, 0) is 18.1 Å². The first kappa shape index (κ1) is 13.9. The number of fused-ring (bicyclic) bond motifs is 1. The minimum Gasteiger partial charge on any atom is -0.306 e. The monoisotopic (exact) mass is 296 g/mol. The van der Waals surface area contributed by atoms with E-state index in [9.17, 15) is 14.9 Å². The number of nitro groups is 1. The van der Waals surface area contributed by atoms with E-state index < -0.39 is 4.92 Å². The summed E-state index contributed by atoms with van der Waals surface area (Å²) >= 11 is 0. The van der Waals surface area contributed by atoms with Gasteiger partial charge >= 0.3 is 0 Å². The van der Waals surface area contributed by atoms with Crippen molar-refractivity contribution in [2.75, 3.05) is 0 Å². The Morgan fingerprint density at radius 2 is 1.86 bits per heavy atom. The predicted octanol–water partition coefficient (Wildman–Crippen LogP) is 2.01. The van der Waals surface area contributed by atoms with E-state index >= 15 is 0 Å². The summed E-state index contributed by atoms with van der Waals surface area (Å²) in [5.74, 6) is 0.618. The third-order valence-electron chi connectivity index (χ3n) is 3.31. The van der Waals surface area contributed by atoms with E-state index in [2.05, 4.69) is 15.0 Å². The Balaban J connectivity index is 1.75. The SMILES string of the molecule is O=c1ccc2cnc(CCc3ccc([N+](=O)[O-])cc3)nc2[nH]1. The zero-order valence-corrected chi connectivity index (χ0v) is 11.5. The van der Waals surface area contributed by atoms with Gasteiger partial charge in [0.05, 0.1) is 4.92 Å². The van der Waals surface area contributed by atoms with Crippen LogP contribution >= 0.6 is 0 Å².